The monoisotopic (exact) mass is 578 g/mol. The van der Waals surface area contributed by atoms with E-state index in [1.165, 1.54) is 48.6 Å². The Morgan fingerprint density at radius 1 is 1.12 bits per heavy atom. The normalized spacial score (nSPS) is 35.5. The Kier molecular flexibility index (Phi) is 7.35. The average Bonchev–Trinajstić information content (AvgIpc) is 3.29. The maximum absolute atomic E-state index is 13.5. The Balaban J connectivity index is 1.50. The molecule has 3 fully saturated rings. The highest BCUT2D eigenvalue weighted by molar-refractivity contribution is 5.97. The molecule has 224 valence electrons. The van der Waals surface area contributed by atoms with Crippen LogP contribution in [0.4, 0.5) is 18.9 Å². The molecular weight excluding hydrogens is 537 g/mol. The van der Waals surface area contributed by atoms with Gasteiger partial charge in [-0.1, -0.05) is 42.6 Å². The van der Waals surface area contributed by atoms with Crippen molar-refractivity contribution in [1.29, 1.82) is 0 Å². The minimum Gasteiger partial charge on any atom is -0.411 e. The van der Waals surface area contributed by atoms with Gasteiger partial charge in [-0.05, 0) is 123 Å². The van der Waals surface area contributed by atoms with Gasteiger partial charge in [-0.2, -0.15) is 13.2 Å². The molecule has 0 radical (unpaired) electrons. The molecule has 0 bridgehead atoms. The molecule has 42 heavy (non-hydrogen) atoms. The molecule has 1 N–H and O–H groups in total. The maximum atomic E-state index is 13.5. The van der Waals surface area contributed by atoms with Crippen molar-refractivity contribution in [3.63, 3.8) is 0 Å². The summed E-state index contributed by atoms with van der Waals surface area (Å²) in [4.78, 5) is 15.8. The number of fused-ring (bicyclic) bond motifs is 4. The van der Waals surface area contributed by atoms with Crippen molar-refractivity contribution in [2.75, 3.05) is 18.0 Å². The van der Waals surface area contributed by atoms with E-state index in [-0.39, 0.29) is 29.5 Å². The summed E-state index contributed by atoms with van der Waals surface area (Å²) in [5.74, 6) is 4.32. The van der Waals surface area contributed by atoms with Gasteiger partial charge in [0.15, 0.2) is 0 Å². The number of piperidine rings is 1. The first kappa shape index (κ1) is 29.1. The van der Waals surface area contributed by atoms with Crippen LogP contribution in [-0.2, 0) is 4.79 Å². The van der Waals surface area contributed by atoms with E-state index in [2.05, 4.69) is 54.1 Å². The molecule has 4 nitrogen and oxygen atoms in total. The lowest BCUT2D eigenvalue weighted by Gasteiger charge is -2.55. The van der Waals surface area contributed by atoms with Gasteiger partial charge in [0, 0.05) is 30.6 Å². The smallest absolute Gasteiger partial charge is 0.411 e. The summed E-state index contributed by atoms with van der Waals surface area (Å²) < 4.78 is 40.4. The summed E-state index contributed by atoms with van der Waals surface area (Å²) in [6.45, 7) is 7.81. The fraction of sp³-hybridized carbons (Fsp3) is 0.600. The standard InChI is InChI=1S/C35H41F3N2O2/c1-22-19-29-31-13-14-34(23(2)41,15-16-35(36,37)38)33(31,3)21-30(32(29)27-12-9-25(39-42)20-28(22)27)24-7-10-26(11-8-24)40-17-5-4-6-18-40/h7-8,10-11,20,22,29-31,42H,4-6,9,12-14,17-19,21H2,1-3H3/t22?,29-,30+,31-,33-,34-/m0/s1. The highest BCUT2D eigenvalue weighted by atomic mass is 19.4. The number of rotatable bonds is 3. The van der Waals surface area contributed by atoms with Crippen molar-refractivity contribution in [1.82, 2.24) is 0 Å². The molecule has 7 heteroatoms. The van der Waals surface area contributed by atoms with Crippen molar-refractivity contribution in [2.24, 2.45) is 33.7 Å². The molecule has 1 aliphatic heterocycles. The van der Waals surface area contributed by atoms with Crippen LogP contribution in [0.2, 0.25) is 0 Å². The average molecular weight is 579 g/mol. The summed E-state index contributed by atoms with van der Waals surface area (Å²) in [5, 5.41) is 13.1. The van der Waals surface area contributed by atoms with Crippen molar-refractivity contribution in [2.45, 2.75) is 90.7 Å². The predicted molar refractivity (Wildman–Crippen MR) is 158 cm³/mol. The van der Waals surface area contributed by atoms with Crippen LogP contribution in [-0.4, -0.2) is 36.0 Å². The third kappa shape index (κ3) is 4.70. The van der Waals surface area contributed by atoms with E-state index < -0.39 is 17.0 Å². The van der Waals surface area contributed by atoms with Crippen LogP contribution in [0.1, 0.15) is 90.0 Å². The topological polar surface area (TPSA) is 52.9 Å². The number of oxime groups is 1. The third-order valence-corrected chi connectivity index (χ3v) is 11.5. The second-order valence-electron chi connectivity index (χ2n) is 13.5. The summed E-state index contributed by atoms with van der Waals surface area (Å²) in [7, 11) is 0. The second-order valence-corrected chi connectivity index (χ2v) is 13.5. The highest BCUT2D eigenvalue weighted by Crippen LogP contribution is 2.70. The number of nitrogens with zero attached hydrogens (tertiary/aromatic N) is 2. The number of Topliss-reactive ketones (excluding diaryl/α,β-unsaturated/α-hetero) is 1. The molecule has 1 aromatic carbocycles. The molecule has 1 aromatic rings. The lowest BCUT2D eigenvalue weighted by atomic mass is 9.47. The first-order valence-corrected chi connectivity index (χ1v) is 15.6. The van der Waals surface area contributed by atoms with E-state index in [4.69, 9.17) is 0 Å². The van der Waals surface area contributed by atoms with E-state index in [9.17, 15) is 23.2 Å². The second kappa shape index (κ2) is 10.6. The molecule has 1 saturated heterocycles. The predicted octanol–water partition coefficient (Wildman–Crippen LogP) is 8.22. The minimum absolute atomic E-state index is 0.0188. The molecule has 1 unspecified atom stereocenters. The number of allylic oxidation sites excluding steroid dienone is 4. The number of carbonyl (C=O) groups is 1. The van der Waals surface area contributed by atoms with Gasteiger partial charge in [-0.3, -0.25) is 4.79 Å². The number of alkyl halides is 3. The SMILES string of the molecule is CC(=O)[C@@]1(C#CC(F)(F)F)CC[C@H]2[C@@H]3CC(C)C4=CC(=NO)CCC4=C3[C@@H](c3ccc(N4CCCCC4)cc3)C[C@@]21C. The van der Waals surface area contributed by atoms with Crippen LogP contribution in [0.25, 0.3) is 0 Å². The molecule has 2 saturated carbocycles. The number of halogens is 3. The van der Waals surface area contributed by atoms with Gasteiger partial charge in [0.25, 0.3) is 0 Å². The van der Waals surface area contributed by atoms with Gasteiger partial charge < -0.3 is 10.1 Å². The zero-order valence-electron chi connectivity index (χ0n) is 24.9. The van der Waals surface area contributed by atoms with E-state index >= 15 is 0 Å². The number of carbonyl (C=O) groups excluding carboxylic acids is 1. The first-order chi connectivity index (χ1) is 20.0. The van der Waals surface area contributed by atoms with Crippen LogP contribution >= 0.6 is 0 Å². The van der Waals surface area contributed by atoms with E-state index in [0.717, 1.165) is 31.5 Å². The number of anilines is 1. The summed E-state index contributed by atoms with van der Waals surface area (Å²) in [6, 6.07) is 8.82. The van der Waals surface area contributed by atoms with Crippen molar-refractivity contribution >= 4 is 17.2 Å². The van der Waals surface area contributed by atoms with Crippen molar-refractivity contribution in [3.05, 3.63) is 52.6 Å². The number of benzene rings is 1. The Labute approximate surface area is 247 Å². The van der Waals surface area contributed by atoms with E-state index in [0.29, 0.717) is 31.4 Å². The van der Waals surface area contributed by atoms with Crippen LogP contribution in [0, 0.1) is 40.4 Å². The summed E-state index contributed by atoms with van der Waals surface area (Å²) in [5.41, 5.74) is 5.02. The van der Waals surface area contributed by atoms with Crippen LogP contribution < -0.4 is 4.90 Å². The minimum atomic E-state index is -4.64. The zero-order chi connectivity index (χ0) is 29.9. The Morgan fingerprint density at radius 2 is 1.83 bits per heavy atom. The number of ketones is 1. The molecule has 0 spiro atoms. The molecule has 1 heterocycles. The van der Waals surface area contributed by atoms with Crippen molar-refractivity contribution in [3.8, 4) is 11.8 Å². The highest BCUT2D eigenvalue weighted by Gasteiger charge is 2.65. The van der Waals surface area contributed by atoms with Gasteiger partial charge in [-0.15, -0.1) is 0 Å². The van der Waals surface area contributed by atoms with Crippen LogP contribution in [0.15, 0.2) is 52.2 Å². The number of hydrogen-bond donors (Lipinski definition) is 1. The van der Waals surface area contributed by atoms with E-state index in [1.807, 2.05) is 6.08 Å². The van der Waals surface area contributed by atoms with E-state index in [1.54, 1.807) is 5.92 Å². The lowest BCUT2D eigenvalue weighted by Crippen LogP contribution is -2.50. The summed E-state index contributed by atoms with van der Waals surface area (Å²) in [6.07, 6.45) is 5.02. The van der Waals surface area contributed by atoms with Gasteiger partial charge in [0.1, 0.15) is 5.78 Å². The molecule has 4 aliphatic carbocycles. The Bertz CT molecular complexity index is 1410. The van der Waals surface area contributed by atoms with Gasteiger partial charge >= 0.3 is 6.18 Å². The summed E-state index contributed by atoms with van der Waals surface area (Å²) >= 11 is 0. The Hall–Kier alpha value is -3.01. The molecular formula is C35H41F3N2O2. The van der Waals surface area contributed by atoms with Gasteiger partial charge in [-0.25, -0.2) is 0 Å². The lowest BCUT2D eigenvalue weighted by molar-refractivity contribution is -0.130. The first-order valence-electron chi connectivity index (χ1n) is 15.6. The number of hydrogen-bond acceptors (Lipinski definition) is 4. The maximum Gasteiger partial charge on any atom is 0.457 e. The Morgan fingerprint density at radius 3 is 2.48 bits per heavy atom. The molecule has 6 atom stereocenters. The largest absolute Gasteiger partial charge is 0.457 e. The molecule has 6 rings (SSSR count). The fourth-order valence-electron chi connectivity index (χ4n) is 9.49. The molecule has 0 aromatic heterocycles. The van der Waals surface area contributed by atoms with Crippen LogP contribution in [0.5, 0.6) is 0 Å². The zero-order valence-corrected chi connectivity index (χ0v) is 24.9. The van der Waals surface area contributed by atoms with Crippen LogP contribution in [0.3, 0.4) is 0 Å². The molecule has 5 aliphatic rings. The van der Waals surface area contributed by atoms with Gasteiger partial charge in [0.2, 0.25) is 0 Å². The van der Waals surface area contributed by atoms with Crippen molar-refractivity contribution < 1.29 is 23.2 Å². The van der Waals surface area contributed by atoms with Gasteiger partial charge in [0.05, 0.1) is 11.1 Å². The molecule has 0 amide bonds. The quantitative estimate of drug-likeness (QED) is 0.223. The third-order valence-electron chi connectivity index (χ3n) is 11.5. The fourth-order valence-corrected chi connectivity index (χ4v) is 9.49.